The average molecular weight is 489 g/mol. The standard InChI is InChI=1S/C30H32O6/c1-29(2)14-21(31)26(22(32)15-29)25(27-23(33)16-30(3,4)17-24(27)34)18-10-12-20(13-11-18)36-28(35)19-8-6-5-7-9-19/h5-13,25-26,33H,14-17H2,1-4H3/t25-/m0/s1. The van der Waals surface area contributed by atoms with Gasteiger partial charge in [-0.3, -0.25) is 14.4 Å². The second kappa shape index (κ2) is 9.49. The van der Waals surface area contributed by atoms with Gasteiger partial charge >= 0.3 is 5.97 Å². The number of ether oxygens (including phenoxy) is 1. The number of benzene rings is 2. The topological polar surface area (TPSA) is 97.7 Å². The maximum absolute atomic E-state index is 13.3. The second-order valence-corrected chi connectivity index (χ2v) is 11.5. The van der Waals surface area contributed by atoms with Gasteiger partial charge in [-0.2, -0.15) is 0 Å². The van der Waals surface area contributed by atoms with Gasteiger partial charge in [0.2, 0.25) is 0 Å². The van der Waals surface area contributed by atoms with Gasteiger partial charge in [0.25, 0.3) is 0 Å². The van der Waals surface area contributed by atoms with Crippen LogP contribution in [0, 0.1) is 16.7 Å². The van der Waals surface area contributed by atoms with Crippen LogP contribution < -0.4 is 4.74 Å². The van der Waals surface area contributed by atoms with Gasteiger partial charge in [-0.1, -0.05) is 58.0 Å². The molecule has 2 aliphatic carbocycles. The van der Waals surface area contributed by atoms with E-state index in [4.69, 9.17) is 4.74 Å². The molecule has 188 valence electrons. The van der Waals surface area contributed by atoms with Gasteiger partial charge in [0, 0.05) is 37.2 Å². The van der Waals surface area contributed by atoms with Crippen molar-refractivity contribution in [3.8, 4) is 5.75 Å². The summed E-state index contributed by atoms with van der Waals surface area (Å²) in [5.41, 5.74) is 0.253. The first kappa shape index (κ1) is 25.5. The maximum Gasteiger partial charge on any atom is 0.343 e. The summed E-state index contributed by atoms with van der Waals surface area (Å²) in [6.45, 7) is 7.58. The van der Waals surface area contributed by atoms with Gasteiger partial charge in [-0.05, 0) is 40.7 Å². The Kier molecular flexibility index (Phi) is 6.74. The van der Waals surface area contributed by atoms with Crippen LogP contribution in [-0.2, 0) is 14.4 Å². The molecule has 0 saturated heterocycles. The first-order valence-electron chi connectivity index (χ1n) is 12.2. The number of hydrogen-bond donors (Lipinski definition) is 1. The second-order valence-electron chi connectivity index (χ2n) is 11.5. The van der Waals surface area contributed by atoms with E-state index in [0.717, 1.165) is 0 Å². The van der Waals surface area contributed by atoms with E-state index in [1.807, 2.05) is 27.7 Å². The van der Waals surface area contributed by atoms with E-state index in [2.05, 4.69) is 0 Å². The smallest absolute Gasteiger partial charge is 0.343 e. The Morgan fingerprint density at radius 2 is 1.39 bits per heavy atom. The van der Waals surface area contributed by atoms with Crippen LogP contribution in [0.1, 0.15) is 75.2 Å². The number of allylic oxidation sites excluding steroid dienone is 2. The van der Waals surface area contributed by atoms with E-state index in [9.17, 15) is 24.3 Å². The first-order chi connectivity index (χ1) is 16.9. The van der Waals surface area contributed by atoms with Crippen molar-refractivity contribution in [3.05, 3.63) is 77.1 Å². The quantitative estimate of drug-likeness (QED) is 0.326. The summed E-state index contributed by atoms with van der Waals surface area (Å²) in [6.07, 6.45) is 0.953. The fourth-order valence-corrected chi connectivity index (χ4v) is 5.44. The molecule has 0 aromatic heterocycles. The zero-order chi connectivity index (χ0) is 26.3. The Morgan fingerprint density at radius 1 is 0.833 bits per heavy atom. The van der Waals surface area contributed by atoms with Gasteiger partial charge in [0.15, 0.2) is 5.78 Å². The number of hydrogen-bond acceptors (Lipinski definition) is 6. The molecule has 1 N–H and O–H groups in total. The molecule has 1 saturated carbocycles. The third-order valence-electron chi connectivity index (χ3n) is 7.00. The zero-order valence-corrected chi connectivity index (χ0v) is 21.2. The molecule has 6 nitrogen and oxygen atoms in total. The Morgan fingerprint density at radius 3 is 1.94 bits per heavy atom. The highest BCUT2D eigenvalue weighted by atomic mass is 16.5. The van der Waals surface area contributed by atoms with Crippen LogP contribution >= 0.6 is 0 Å². The van der Waals surface area contributed by atoms with Crippen LogP contribution in [0.2, 0.25) is 0 Å². The number of esters is 1. The summed E-state index contributed by atoms with van der Waals surface area (Å²) >= 11 is 0. The maximum atomic E-state index is 13.3. The lowest BCUT2D eigenvalue weighted by Gasteiger charge is -2.39. The Bertz CT molecular complexity index is 1210. The SMILES string of the molecule is CC1(C)CC(=O)C([C@@H](C2=C(O)CC(C)(C)CC2=O)c2ccc(OC(=O)c3ccccc3)cc2)C(=O)C1. The molecule has 0 bridgehead atoms. The largest absolute Gasteiger partial charge is 0.512 e. The number of aliphatic hydroxyl groups is 1. The summed E-state index contributed by atoms with van der Waals surface area (Å²) < 4.78 is 5.46. The lowest BCUT2D eigenvalue weighted by molar-refractivity contribution is -0.140. The lowest BCUT2D eigenvalue weighted by Crippen LogP contribution is -2.43. The van der Waals surface area contributed by atoms with Crippen LogP contribution in [0.5, 0.6) is 5.75 Å². The van der Waals surface area contributed by atoms with E-state index < -0.39 is 28.6 Å². The van der Waals surface area contributed by atoms with Crippen molar-refractivity contribution in [2.75, 3.05) is 0 Å². The molecule has 2 aromatic carbocycles. The molecule has 2 aromatic rings. The van der Waals surface area contributed by atoms with Crippen LogP contribution in [0.15, 0.2) is 65.9 Å². The minimum atomic E-state index is -1.04. The highest BCUT2D eigenvalue weighted by molar-refractivity contribution is 6.09. The summed E-state index contributed by atoms with van der Waals surface area (Å²) in [5, 5.41) is 11.0. The fraction of sp³-hybridized carbons (Fsp3) is 0.400. The monoisotopic (exact) mass is 488 g/mol. The van der Waals surface area contributed by atoms with Crippen molar-refractivity contribution in [2.45, 2.75) is 59.3 Å². The molecule has 1 fully saturated rings. The van der Waals surface area contributed by atoms with Gasteiger partial charge in [0.1, 0.15) is 23.1 Å². The normalized spacial score (nSPS) is 20.8. The predicted octanol–water partition coefficient (Wildman–Crippen LogP) is 5.77. The predicted molar refractivity (Wildman–Crippen MR) is 135 cm³/mol. The van der Waals surface area contributed by atoms with Crippen molar-refractivity contribution in [3.63, 3.8) is 0 Å². The molecule has 0 amide bonds. The minimum Gasteiger partial charge on any atom is -0.512 e. The highest BCUT2D eigenvalue weighted by Gasteiger charge is 2.48. The lowest BCUT2D eigenvalue weighted by atomic mass is 9.62. The molecule has 0 unspecified atom stereocenters. The molecule has 4 rings (SSSR count). The molecule has 0 heterocycles. The first-order valence-corrected chi connectivity index (χ1v) is 12.2. The van der Waals surface area contributed by atoms with Crippen molar-refractivity contribution in [1.29, 1.82) is 0 Å². The van der Waals surface area contributed by atoms with Gasteiger partial charge in [-0.25, -0.2) is 4.79 Å². The van der Waals surface area contributed by atoms with Gasteiger partial charge in [0.05, 0.1) is 11.5 Å². The van der Waals surface area contributed by atoms with E-state index in [0.29, 0.717) is 16.9 Å². The van der Waals surface area contributed by atoms with Crippen LogP contribution in [0.25, 0.3) is 0 Å². The number of rotatable bonds is 5. The van der Waals surface area contributed by atoms with Crippen LogP contribution in [-0.4, -0.2) is 28.4 Å². The molecular formula is C30H32O6. The Balaban J connectivity index is 1.71. The molecule has 0 spiro atoms. The van der Waals surface area contributed by atoms with Crippen LogP contribution in [0.4, 0.5) is 0 Å². The van der Waals surface area contributed by atoms with Crippen molar-refractivity contribution in [2.24, 2.45) is 16.7 Å². The van der Waals surface area contributed by atoms with Crippen molar-refractivity contribution < 1.29 is 29.0 Å². The number of ketones is 3. The molecule has 0 radical (unpaired) electrons. The van der Waals surface area contributed by atoms with Gasteiger partial charge < -0.3 is 9.84 Å². The minimum absolute atomic E-state index is 0.0636. The van der Waals surface area contributed by atoms with E-state index in [-0.39, 0.29) is 54.4 Å². The summed E-state index contributed by atoms with van der Waals surface area (Å²) in [6, 6.07) is 15.1. The number of carbonyl (C=O) groups is 4. The number of carbonyl (C=O) groups excluding carboxylic acids is 4. The molecule has 6 heteroatoms. The molecule has 2 aliphatic rings. The van der Waals surface area contributed by atoms with E-state index in [1.54, 1.807) is 54.6 Å². The summed E-state index contributed by atoms with van der Waals surface area (Å²) in [5.74, 6) is -2.91. The summed E-state index contributed by atoms with van der Waals surface area (Å²) in [4.78, 5) is 52.3. The molecule has 36 heavy (non-hydrogen) atoms. The number of Topliss-reactive ketones (excluding diaryl/α,β-unsaturated/α-hetero) is 3. The Labute approximate surface area is 211 Å². The molecule has 0 aliphatic heterocycles. The summed E-state index contributed by atoms with van der Waals surface area (Å²) in [7, 11) is 0. The van der Waals surface area contributed by atoms with Crippen molar-refractivity contribution in [1.82, 2.24) is 0 Å². The average Bonchev–Trinajstić information content (AvgIpc) is 2.76. The van der Waals surface area contributed by atoms with Gasteiger partial charge in [-0.15, -0.1) is 0 Å². The molecule has 1 atom stereocenters. The number of aliphatic hydroxyl groups excluding tert-OH is 1. The fourth-order valence-electron chi connectivity index (χ4n) is 5.44. The molecular weight excluding hydrogens is 456 g/mol. The van der Waals surface area contributed by atoms with Crippen LogP contribution in [0.3, 0.4) is 0 Å². The zero-order valence-electron chi connectivity index (χ0n) is 21.2. The third-order valence-corrected chi connectivity index (χ3v) is 7.00. The van der Waals surface area contributed by atoms with Crippen molar-refractivity contribution >= 4 is 23.3 Å². The third kappa shape index (κ3) is 5.32. The van der Waals surface area contributed by atoms with E-state index >= 15 is 0 Å². The highest BCUT2D eigenvalue weighted by Crippen LogP contribution is 2.47. The van der Waals surface area contributed by atoms with E-state index in [1.165, 1.54) is 0 Å². The Hall–Kier alpha value is -3.54.